The van der Waals surface area contributed by atoms with Crippen LogP contribution in [0.3, 0.4) is 0 Å². The number of allylic oxidation sites excluding steroid dienone is 1. The molecule has 23 heavy (non-hydrogen) atoms. The molecule has 2 rings (SSSR count). The average Bonchev–Trinajstić information content (AvgIpc) is 2.49. The van der Waals surface area contributed by atoms with Gasteiger partial charge in [0.05, 0.1) is 20.1 Å². The lowest BCUT2D eigenvalue weighted by molar-refractivity contribution is -0.145. The largest absolute Gasteiger partial charge is 0.493 e. The number of carboxylic acids is 1. The summed E-state index contributed by atoms with van der Waals surface area (Å²) in [6, 6.07) is 3.26. The molecular formula is C17H21NO5. The fraction of sp³-hybridized carbons (Fsp3) is 0.412. The van der Waals surface area contributed by atoms with Crippen LogP contribution in [0.15, 0.2) is 24.8 Å². The highest BCUT2D eigenvalue weighted by Crippen LogP contribution is 2.34. The van der Waals surface area contributed by atoms with Crippen molar-refractivity contribution in [3.05, 3.63) is 35.9 Å². The maximum Gasteiger partial charge on any atom is 0.306 e. The molecule has 1 amide bonds. The Bertz CT molecular complexity index is 620. The number of hydrogen-bond acceptors (Lipinski definition) is 4. The van der Waals surface area contributed by atoms with E-state index in [9.17, 15) is 9.59 Å². The van der Waals surface area contributed by atoms with E-state index in [4.69, 9.17) is 14.6 Å². The highest BCUT2D eigenvalue weighted by Gasteiger charge is 2.35. The van der Waals surface area contributed by atoms with Gasteiger partial charge in [0.2, 0.25) is 0 Å². The van der Waals surface area contributed by atoms with Crippen molar-refractivity contribution < 1.29 is 24.2 Å². The Labute approximate surface area is 135 Å². The molecule has 1 aromatic carbocycles. The molecule has 124 valence electrons. The van der Waals surface area contributed by atoms with Gasteiger partial charge in [0, 0.05) is 17.2 Å². The molecule has 0 atom stereocenters. The third-order valence-corrected chi connectivity index (χ3v) is 4.00. The minimum Gasteiger partial charge on any atom is -0.493 e. The van der Waals surface area contributed by atoms with Crippen molar-refractivity contribution in [3.8, 4) is 11.5 Å². The van der Waals surface area contributed by atoms with Crippen molar-refractivity contribution in [1.29, 1.82) is 0 Å². The molecule has 2 N–H and O–H groups in total. The molecule has 0 aromatic heterocycles. The standard InChI is InChI=1S/C17H21NO5/c1-4-5-10-6-11(9-14(22-2)15(10)23-3)16(19)18-13-7-12(8-13)17(20)21/h4,6,9,12-13H,1,5,7-8H2,2-3H3,(H,18,19)(H,20,21). The average molecular weight is 319 g/mol. The molecule has 0 unspecified atom stereocenters. The first-order chi connectivity index (χ1) is 11.0. The van der Waals surface area contributed by atoms with E-state index in [1.807, 2.05) is 0 Å². The Balaban J connectivity index is 2.15. The summed E-state index contributed by atoms with van der Waals surface area (Å²) < 4.78 is 10.6. The number of amides is 1. The van der Waals surface area contributed by atoms with Gasteiger partial charge in [-0.1, -0.05) is 6.08 Å². The van der Waals surface area contributed by atoms with Crippen LogP contribution in [-0.2, 0) is 11.2 Å². The number of benzene rings is 1. The van der Waals surface area contributed by atoms with Gasteiger partial charge in [0.25, 0.3) is 5.91 Å². The van der Waals surface area contributed by atoms with Crippen LogP contribution in [-0.4, -0.2) is 37.2 Å². The van der Waals surface area contributed by atoms with Gasteiger partial charge in [0.1, 0.15) is 0 Å². The summed E-state index contributed by atoms with van der Waals surface area (Å²) in [4.78, 5) is 23.2. The molecule has 1 saturated carbocycles. The van der Waals surface area contributed by atoms with Crippen molar-refractivity contribution in [2.24, 2.45) is 5.92 Å². The summed E-state index contributed by atoms with van der Waals surface area (Å²) in [5, 5.41) is 11.7. The predicted octanol–water partition coefficient (Wildman–Crippen LogP) is 2.03. The van der Waals surface area contributed by atoms with Gasteiger partial charge in [-0.25, -0.2) is 0 Å². The van der Waals surface area contributed by atoms with Gasteiger partial charge in [-0.05, 0) is 31.4 Å². The fourth-order valence-electron chi connectivity index (χ4n) is 2.69. The number of nitrogens with one attached hydrogen (secondary N) is 1. The highest BCUT2D eigenvalue weighted by molar-refractivity contribution is 5.95. The third kappa shape index (κ3) is 3.64. The van der Waals surface area contributed by atoms with Crippen LogP contribution in [0.5, 0.6) is 11.5 Å². The number of hydrogen-bond donors (Lipinski definition) is 2. The lowest BCUT2D eigenvalue weighted by atomic mass is 9.80. The first kappa shape index (κ1) is 16.9. The van der Waals surface area contributed by atoms with Crippen molar-refractivity contribution in [3.63, 3.8) is 0 Å². The molecule has 0 aliphatic heterocycles. The number of carboxylic acid groups (broad SMARTS) is 1. The van der Waals surface area contributed by atoms with Crippen LogP contribution in [0, 0.1) is 5.92 Å². The highest BCUT2D eigenvalue weighted by atomic mass is 16.5. The van der Waals surface area contributed by atoms with Gasteiger partial charge >= 0.3 is 5.97 Å². The molecule has 1 aromatic rings. The van der Waals surface area contributed by atoms with Gasteiger partial charge < -0.3 is 19.9 Å². The van der Waals surface area contributed by atoms with Gasteiger partial charge in [-0.3, -0.25) is 9.59 Å². The molecule has 1 aliphatic carbocycles. The smallest absolute Gasteiger partial charge is 0.306 e. The Kier molecular flexibility index (Phi) is 5.26. The summed E-state index contributed by atoms with van der Waals surface area (Å²) in [6.45, 7) is 3.70. The molecule has 0 saturated heterocycles. The van der Waals surface area contributed by atoms with E-state index in [-0.39, 0.29) is 17.9 Å². The van der Waals surface area contributed by atoms with E-state index in [0.717, 1.165) is 5.56 Å². The number of carbonyl (C=O) groups is 2. The van der Waals surface area contributed by atoms with Crippen LogP contribution in [0.4, 0.5) is 0 Å². The Morgan fingerprint density at radius 2 is 2.04 bits per heavy atom. The molecule has 0 radical (unpaired) electrons. The van der Waals surface area contributed by atoms with Crippen molar-refractivity contribution >= 4 is 11.9 Å². The summed E-state index contributed by atoms with van der Waals surface area (Å²) in [5.41, 5.74) is 1.27. The quantitative estimate of drug-likeness (QED) is 0.751. The van der Waals surface area contributed by atoms with Crippen LogP contribution >= 0.6 is 0 Å². The molecule has 0 bridgehead atoms. The molecule has 6 nitrogen and oxygen atoms in total. The normalized spacial score (nSPS) is 19.4. The van der Waals surface area contributed by atoms with Crippen molar-refractivity contribution in [1.82, 2.24) is 5.32 Å². The summed E-state index contributed by atoms with van der Waals surface area (Å²) in [7, 11) is 3.06. The number of rotatable bonds is 7. The van der Waals surface area contributed by atoms with E-state index in [0.29, 0.717) is 36.3 Å². The molecule has 6 heteroatoms. The molecule has 0 spiro atoms. The first-order valence-electron chi connectivity index (χ1n) is 7.39. The second kappa shape index (κ2) is 7.17. The van der Waals surface area contributed by atoms with E-state index in [2.05, 4.69) is 11.9 Å². The minimum absolute atomic E-state index is 0.0976. The fourth-order valence-corrected chi connectivity index (χ4v) is 2.69. The molecule has 1 aliphatic rings. The maximum atomic E-state index is 12.4. The maximum absolute atomic E-state index is 12.4. The number of methoxy groups -OCH3 is 2. The monoisotopic (exact) mass is 319 g/mol. The van der Waals surface area contributed by atoms with E-state index < -0.39 is 5.97 Å². The molecule has 1 fully saturated rings. The van der Waals surface area contributed by atoms with E-state index in [1.54, 1.807) is 25.3 Å². The summed E-state index contributed by atoms with van der Waals surface area (Å²) in [6.07, 6.45) is 3.20. The van der Waals surface area contributed by atoms with Gasteiger partial charge in [-0.2, -0.15) is 0 Å². The molecule has 0 heterocycles. The van der Waals surface area contributed by atoms with Gasteiger partial charge in [-0.15, -0.1) is 6.58 Å². The lowest BCUT2D eigenvalue weighted by Gasteiger charge is -2.32. The number of carbonyl (C=O) groups excluding carboxylic acids is 1. The minimum atomic E-state index is -0.810. The second-order valence-corrected chi connectivity index (χ2v) is 5.54. The zero-order valence-electron chi connectivity index (χ0n) is 13.3. The van der Waals surface area contributed by atoms with Crippen LogP contribution in [0.25, 0.3) is 0 Å². The predicted molar refractivity (Wildman–Crippen MR) is 85.1 cm³/mol. The first-order valence-corrected chi connectivity index (χ1v) is 7.39. The molecular weight excluding hydrogens is 298 g/mol. The zero-order chi connectivity index (χ0) is 17.0. The lowest BCUT2D eigenvalue weighted by Crippen LogP contribution is -2.46. The van der Waals surface area contributed by atoms with E-state index >= 15 is 0 Å². The Morgan fingerprint density at radius 3 is 2.57 bits per heavy atom. The summed E-state index contributed by atoms with van der Waals surface area (Å²) >= 11 is 0. The Hall–Kier alpha value is -2.50. The van der Waals surface area contributed by atoms with Crippen LogP contribution in [0.1, 0.15) is 28.8 Å². The number of aliphatic carboxylic acids is 1. The number of ether oxygens (including phenoxy) is 2. The summed E-state index contributed by atoms with van der Waals surface area (Å²) in [5.74, 6) is -0.352. The Morgan fingerprint density at radius 1 is 1.35 bits per heavy atom. The topological polar surface area (TPSA) is 84.9 Å². The van der Waals surface area contributed by atoms with Crippen molar-refractivity contribution in [2.45, 2.75) is 25.3 Å². The SMILES string of the molecule is C=CCc1cc(C(=O)NC2CC(C(=O)O)C2)cc(OC)c1OC. The van der Waals surface area contributed by atoms with E-state index in [1.165, 1.54) is 7.11 Å². The van der Waals surface area contributed by atoms with Crippen LogP contribution in [0.2, 0.25) is 0 Å². The van der Waals surface area contributed by atoms with Crippen LogP contribution < -0.4 is 14.8 Å². The second-order valence-electron chi connectivity index (χ2n) is 5.54. The zero-order valence-corrected chi connectivity index (χ0v) is 13.3. The van der Waals surface area contributed by atoms with Crippen molar-refractivity contribution in [2.75, 3.05) is 14.2 Å². The third-order valence-electron chi connectivity index (χ3n) is 4.00. The van der Waals surface area contributed by atoms with Gasteiger partial charge in [0.15, 0.2) is 11.5 Å².